The van der Waals surface area contributed by atoms with Crippen molar-refractivity contribution in [2.45, 2.75) is 13.5 Å². The molecule has 0 aliphatic heterocycles. The first kappa shape index (κ1) is 14.9. The fourth-order valence-electron chi connectivity index (χ4n) is 2.10. The van der Waals surface area contributed by atoms with E-state index in [1.165, 1.54) is 0 Å². The molecule has 0 bridgehead atoms. The molecule has 0 aliphatic carbocycles. The number of aryl methyl sites for hydroxylation is 1. The highest BCUT2D eigenvalue weighted by Crippen LogP contribution is 2.30. The molecule has 110 valence electrons. The van der Waals surface area contributed by atoms with Gasteiger partial charge in [-0.25, -0.2) is 0 Å². The molecule has 21 heavy (non-hydrogen) atoms. The first-order valence-electron chi connectivity index (χ1n) is 6.70. The number of amides is 1. The summed E-state index contributed by atoms with van der Waals surface area (Å²) in [5.41, 5.74) is 2.49. The largest absolute Gasteiger partial charge is 0.493 e. The Labute approximate surface area is 124 Å². The van der Waals surface area contributed by atoms with Crippen LogP contribution in [0.4, 0.5) is 0 Å². The van der Waals surface area contributed by atoms with Gasteiger partial charge in [-0.1, -0.05) is 30.3 Å². The molecule has 2 aromatic carbocycles. The van der Waals surface area contributed by atoms with Crippen molar-refractivity contribution in [1.29, 1.82) is 0 Å². The van der Waals surface area contributed by atoms with Gasteiger partial charge in [0.2, 0.25) is 0 Å². The van der Waals surface area contributed by atoms with Gasteiger partial charge in [0.15, 0.2) is 11.5 Å². The SMILES string of the molecule is COc1cc(C)c(C(=O)NCc2ccccc2)cc1OC. The molecule has 0 fully saturated rings. The summed E-state index contributed by atoms with van der Waals surface area (Å²) in [6.45, 7) is 2.37. The second-order valence-electron chi connectivity index (χ2n) is 4.69. The number of benzene rings is 2. The molecule has 1 N–H and O–H groups in total. The molecule has 4 nitrogen and oxygen atoms in total. The Morgan fingerprint density at radius 1 is 1.05 bits per heavy atom. The predicted molar refractivity (Wildman–Crippen MR) is 81.9 cm³/mol. The summed E-state index contributed by atoms with van der Waals surface area (Å²) in [4.78, 5) is 12.3. The Balaban J connectivity index is 2.15. The van der Waals surface area contributed by atoms with Crippen molar-refractivity contribution in [2.24, 2.45) is 0 Å². The maximum atomic E-state index is 12.3. The summed E-state index contributed by atoms with van der Waals surface area (Å²) in [6, 6.07) is 13.3. The third-order valence-electron chi connectivity index (χ3n) is 3.27. The number of hydrogen-bond acceptors (Lipinski definition) is 3. The fraction of sp³-hybridized carbons (Fsp3) is 0.235. The number of ether oxygens (including phenoxy) is 2. The van der Waals surface area contributed by atoms with Crippen LogP contribution in [0.5, 0.6) is 11.5 Å². The minimum absolute atomic E-state index is 0.127. The lowest BCUT2D eigenvalue weighted by Gasteiger charge is -2.13. The molecule has 0 radical (unpaired) electrons. The molecule has 0 aliphatic rings. The summed E-state index contributed by atoms with van der Waals surface area (Å²) >= 11 is 0. The van der Waals surface area contributed by atoms with Gasteiger partial charge < -0.3 is 14.8 Å². The fourth-order valence-corrected chi connectivity index (χ4v) is 2.10. The maximum Gasteiger partial charge on any atom is 0.251 e. The van der Waals surface area contributed by atoms with Crippen LogP contribution in [0.25, 0.3) is 0 Å². The van der Waals surface area contributed by atoms with E-state index < -0.39 is 0 Å². The summed E-state index contributed by atoms with van der Waals surface area (Å²) in [6.07, 6.45) is 0. The molecule has 1 amide bonds. The second kappa shape index (κ2) is 6.79. The monoisotopic (exact) mass is 285 g/mol. The second-order valence-corrected chi connectivity index (χ2v) is 4.69. The van der Waals surface area contributed by atoms with Gasteiger partial charge in [0.05, 0.1) is 14.2 Å². The standard InChI is InChI=1S/C17H19NO3/c1-12-9-15(20-2)16(21-3)10-14(12)17(19)18-11-13-7-5-4-6-8-13/h4-10H,11H2,1-3H3,(H,18,19). The van der Waals surface area contributed by atoms with Crippen LogP contribution in [0.3, 0.4) is 0 Å². The molecule has 0 unspecified atom stereocenters. The zero-order valence-electron chi connectivity index (χ0n) is 12.5. The van der Waals surface area contributed by atoms with E-state index >= 15 is 0 Å². The number of nitrogens with one attached hydrogen (secondary N) is 1. The highest BCUT2D eigenvalue weighted by atomic mass is 16.5. The van der Waals surface area contributed by atoms with E-state index in [1.807, 2.05) is 37.3 Å². The minimum atomic E-state index is -0.127. The molecular weight excluding hydrogens is 266 g/mol. The first-order chi connectivity index (χ1) is 10.2. The zero-order chi connectivity index (χ0) is 15.2. The lowest BCUT2D eigenvalue weighted by molar-refractivity contribution is 0.0950. The van der Waals surface area contributed by atoms with Gasteiger partial charge in [0.1, 0.15) is 0 Å². The molecule has 0 aromatic heterocycles. The van der Waals surface area contributed by atoms with Gasteiger partial charge in [-0.15, -0.1) is 0 Å². The van der Waals surface area contributed by atoms with E-state index in [0.29, 0.717) is 23.6 Å². The molecule has 0 saturated carbocycles. The molecule has 0 atom stereocenters. The Morgan fingerprint density at radius 3 is 2.29 bits per heavy atom. The summed E-state index contributed by atoms with van der Waals surface area (Å²) in [7, 11) is 3.13. The highest BCUT2D eigenvalue weighted by Gasteiger charge is 2.14. The van der Waals surface area contributed by atoms with Crippen LogP contribution in [0.1, 0.15) is 21.5 Å². The van der Waals surface area contributed by atoms with Gasteiger partial charge in [-0.3, -0.25) is 4.79 Å². The van der Waals surface area contributed by atoms with Crippen LogP contribution in [-0.2, 0) is 6.54 Å². The van der Waals surface area contributed by atoms with Crippen LogP contribution >= 0.6 is 0 Å². The van der Waals surface area contributed by atoms with E-state index in [2.05, 4.69) is 5.32 Å². The number of rotatable bonds is 5. The average molecular weight is 285 g/mol. The van der Waals surface area contributed by atoms with Gasteiger partial charge in [0.25, 0.3) is 5.91 Å². The summed E-state index contributed by atoms with van der Waals surface area (Å²) in [5, 5.41) is 2.91. The van der Waals surface area contributed by atoms with Crippen molar-refractivity contribution >= 4 is 5.91 Å². The van der Waals surface area contributed by atoms with Crippen molar-refractivity contribution in [2.75, 3.05) is 14.2 Å². The molecule has 0 saturated heterocycles. The highest BCUT2D eigenvalue weighted by molar-refractivity contribution is 5.96. The quantitative estimate of drug-likeness (QED) is 0.918. The van der Waals surface area contributed by atoms with Crippen LogP contribution in [0.15, 0.2) is 42.5 Å². The molecule has 0 heterocycles. The minimum Gasteiger partial charge on any atom is -0.493 e. The Morgan fingerprint density at radius 2 is 1.67 bits per heavy atom. The molecule has 2 rings (SSSR count). The molecule has 0 spiro atoms. The van der Waals surface area contributed by atoms with Crippen molar-refractivity contribution in [3.05, 3.63) is 59.2 Å². The van der Waals surface area contributed by atoms with Gasteiger partial charge in [-0.05, 0) is 30.2 Å². The lowest BCUT2D eigenvalue weighted by Crippen LogP contribution is -2.23. The van der Waals surface area contributed by atoms with Crippen LogP contribution in [0.2, 0.25) is 0 Å². The predicted octanol–water partition coefficient (Wildman–Crippen LogP) is 2.94. The van der Waals surface area contributed by atoms with Gasteiger partial charge >= 0.3 is 0 Å². The van der Waals surface area contributed by atoms with E-state index in [9.17, 15) is 4.79 Å². The number of hydrogen-bond donors (Lipinski definition) is 1. The first-order valence-corrected chi connectivity index (χ1v) is 6.70. The van der Waals surface area contributed by atoms with E-state index in [-0.39, 0.29) is 5.91 Å². The van der Waals surface area contributed by atoms with Crippen molar-refractivity contribution in [3.63, 3.8) is 0 Å². The van der Waals surface area contributed by atoms with E-state index in [4.69, 9.17) is 9.47 Å². The topological polar surface area (TPSA) is 47.6 Å². The average Bonchev–Trinajstić information content (AvgIpc) is 2.53. The molecular formula is C17H19NO3. The van der Waals surface area contributed by atoms with Crippen LogP contribution < -0.4 is 14.8 Å². The van der Waals surface area contributed by atoms with Crippen molar-refractivity contribution in [3.8, 4) is 11.5 Å². The molecule has 4 heteroatoms. The van der Waals surface area contributed by atoms with Gasteiger partial charge in [0, 0.05) is 12.1 Å². The number of carbonyl (C=O) groups is 1. The normalized spacial score (nSPS) is 10.0. The number of methoxy groups -OCH3 is 2. The van der Waals surface area contributed by atoms with E-state index in [0.717, 1.165) is 11.1 Å². The summed E-state index contributed by atoms with van der Waals surface area (Å²) in [5.74, 6) is 1.04. The van der Waals surface area contributed by atoms with Crippen LogP contribution in [-0.4, -0.2) is 20.1 Å². The maximum absolute atomic E-state index is 12.3. The third kappa shape index (κ3) is 3.54. The third-order valence-corrected chi connectivity index (χ3v) is 3.27. The zero-order valence-corrected chi connectivity index (χ0v) is 12.5. The molecule has 2 aromatic rings. The Hall–Kier alpha value is -2.49. The lowest BCUT2D eigenvalue weighted by atomic mass is 10.1. The smallest absolute Gasteiger partial charge is 0.251 e. The van der Waals surface area contributed by atoms with Crippen molar-refractivity contribution < 1.29 is 14.3 Å². The van der Waals surface area contributed by atoms with Gasteiger partial charge in [-0.2, -0.15) is 0 Å². The summed E-state index contributed by atoms with van der Waals surface area (Å²) < 4.78 is 10.5. The van der Waals surface area contributed by atoms with Crippen LogP contribution in [0, 0.1) is 6.92 Å². The Kier molecular flexibility index (Phi) is 4.82. The van der Waals surface area contributed by atoms with Crippen molar-refractivity contribution in [1.82, 2.24) is 5.32 Å². The number of carbonyl (C=O) groups excluding carboxylic acids is 1. The Bertz CT molecular complexity index is 623. The van der Waals surface area contributed by atoms with E-state index in [1.54, 1.807) is 26.4 Å².